The van der Waals surface area contributed by atoms with Gasteiger partial charge in [-0.3, -0.25) is 0 Å². The molecule has 0 heterocycles. The molecule has 0 aliphatic heterocycles. The topological polar surface area (TPSA) is 57.2 Å². The van der Waals surface area contributed by atoms with Crippen LogP contribution in [-0.2, 0) is 10.1 Å². The summed E-state index contributed by atoms with van der Waals surface area (Å²) >= 11 is 0. The van der Waals surface area contributed by atoms with Crippen molar-refractivity contribution >= 4 is 20.9 Å². The van der Waals surface area contributed by atoms with E-state index in [1.807, 2.05) is 25.1 Å². The van der Waals surface area contributed by atoms with Crippen molar-refractivity contribution in [1.29, 1.82) is 0 Å². The van der Waals surface area contributed by atoms with Gasteiger partial charge in [-0.2, -0.15) is 0 Å². The molecule has 0 aromatic heterocycles. The number of hydrogen-bond acceptors (Lipinski definition) is 3. The summed E-state index contributed by atoms with van der Waals surface area (Å²) in [6, 6.07) is 8.90. The van der Waals surface area contributed by atoms with Crippen LogP contribution in [0.1, 0.15) is 11.1 Å². The van der Waals surface area contributed by atoms with Gasteiger partial charge in [0.2, 0.25) is 0 Å². The van der Waals surface area contributed by atoms with Gasteiger partial charge in [-0.05, 0) is 36.2 Å². The summed E-state index contributed by atoms with van der Waals surface area (Å²) < 4.78 is 33.1. The van der Waals surface area contributed by atoms with Crippen LogP contribution in [0.3, 0.4) is 0 Å². The Hall–Kier alpha value is 0.246. The summed E-state index contributed by atoms with van der Waals surface area (Å²) in [6.45, 7) is 3.55. The van der Waals surface area contributed by atoms with Gasteiger partial charge in [0.15, 0.2) is 0 Å². The summed E-state index contributed by atoms with van der Waals surface area (Å²) in [4.78, 5) is -0.134. The van der Waals surface area contributed by atoms with Crippen molar-refractivity contribution in [3.8, 4) is 0 Å². The SMILES string of the molecule is Cc1ccc2cc(C)c(S(=O)(=O)[O-])cc2c1.[K+]. The van der Waals surface area contributed by atoms with Crippen molar-refractivity contribution in [2.24, 2.45) is 0 Å². The van der Waals surface area contributed by atoms with Crippen LogP contribution in [-0.4, -0.2) is 13.0 Å². The van der Waals surface area contributed by atoms with Gasteiger partial charge in [-0.25, -0.2) is 8.42 Å². The van der Waals surface area contributed by atoms with Gasteiger partial charge < -0.3 is 4.55 Å². The van der Waals surface area contributed by atoms with Gasteiger partial charge in [0, 0.05) is 0 Å². The summed E-state index contributed by atoms with van der Waals surface area (Å²) in [7, 11) is -4.39. The van der Waals surface area contributed by atoms with Crippen molar-refractivity contribution in [3.63, 3.8) is 0 Å². The van der Waals surface area contributed by atoms with Crippen LogP contribution < -0.4 is 51.4 Å². The summed E-state index contributed by atoms with van der Waals surface area (Å²) in [5, 5.41) is 1.72. The zero-order valence-corrected chi connectivity index (χ0v) is 14.0. The van der Waals surface area contributed by atoms with E-state index in [2.05, 4.69) is 0 Å². The second-order valence-corrected chi connectivity index (χ2v) is 5.27. The molecule has 2 aromatic rings. The summed E-state index contributed by atoms with van der Waals surface area (Å²) in [5.41, 5.74) is 1.52. The molecule has 0 N–H and O–H groups in total. The van der Waals surface area contributed by atoms with Crippen molar-refractivity contribution in [3.05, 3.63) is 41.5 Å². The molecular formula is C12H11KO3S. The minimum Gasteiger partial charge on any atom is -0.744 e. The van der Waals surface area contributed by atoms with Gasteiger partial charge in [0.1, 0.15) is 10.1 Å². The minimum atomic E-state index is -4.39. The Labute approximate surface area is 143 Å². The summed E-state index contributed by atoms with van der Waals surface area (Å²) in [5.74, 6) is 0. The molecule has 0 spiro atoms. The van der Waals surface area contributed by atoms with Gasteiger partial charge >= 0.3 is 51.4 Å². The zero-order chi connectivity index (χ0) is 11.9. The van der Waals surface area contributed by atoms with E-state index in [-0.39, 0.29) is 56.3 Å². The van der Waals surface area contributed by atoms with E-state index in [1.165, 1.54) is 6.07 Å². The number of hydrogen-bond donors (Lipinski definition) is 0. The van der Waals surface area contributed by atoms with Crippen molar-refractivity contribution in [2.45, 2.75) is 18.7 Å². The molecule has 2 aromatic carbocycles. The Bertz CT molecular complexity index is 663. The predicted molar refractivity (Wildman–Crippen MR) is 61.4 cm³/mol. The van der Waals surface area contributed by atoms with E-state index in [0.29, 0.717) is 5.56 Å². The van der Waals surface area contributed by atoms with Crippen LogP contribution in [0.5, 0.6) is 0 Å². The van der Waals surface area contributed by atoms with E-state index in [4.69, 9.17) is 0 Å². The fourth-order valence-corrected chi connectivity index (χ4v) is 2.50. The van der Waals surface area contributed by atoms with Gasteiger partial charge in [0.25, 0.3) is 0 Å². The van der Waals surface area contributed by atoms with Gasteiger partial charge in [0.05, 0.1) is 4.90 Å². The maximum absolute atomic E-state index is 11.0. The first-order valence-corrected chi connectivity index (χ1v) is 6.26. The molecule has 0 saturated carbocycles. The van der Waals surface area contributed by atoms with Crippen molar-refractivity contribution in [2.75, 3.05) is 0 Å². The summed E-state index contributed by atoms with van der Waals surface area (Å²) in [6.07, 6.45) is 0. The Balaban J connectivity index is 0.00000144. The molecule has 5 heteroatoms. The Morgan fingerprint density at radius 1 is 1.00 bits per heavy atom. The molecule has 17 heavy (non-hydrogen) atoms. The van der Waals surface area contributed by atoms with E-state index in [1.54, 1.807) is 13.0 Å². The maximum Gasteiger partial charge on any atom is 1.00 e. The average molecular weight is 274 g/mol. The fraction of sp³-hybridized carbons (Fsp3) is 0.167. The largest absolute Gasteiger partial charge is 1.00 e. The third-order valence-electron chi connectivity index (χ3n) is 2.56. The zero-order valence-electron chi connectivity index (χ0n) is 10.0. The molecular weight excluding hydrogens is 263 g/mol. The average Bonchev–Trinajstić information content (AvgIpc) is 2.16. The maximum atomic E-state index is 11.0. The normalized spacial score (nSPS) is 11.2. The quantitative estimate of drug-likeness (QED) is 0.514. The molecule has 0 radical (unpaired) electrons. The number of fused-ring (bicyclic) bond motifs is 1. The van der Waals surface area contributed by atoms with E-state index >= 15 is 0 Å². The molecule has 0 saturated heterocycles. The first-order valence-electron chi connectivity index (χ1n) is 4.85. The fourth-order valence-electron chi connectivity index (χ4n) is 1.78. The standard InChI is InChI=1S/C12H12O3S.K/c1-8-3-4-10-6-9(2)12(16(13,14)15)7-11(10)5-8;/h3-7H,1-2H3,(H,13,14,15);/q;+1/p-1. The molecule has 0 amide bonds. The van der Waals surface area contributed by atoms with E-state index in [0.717, 1.165) is 16.3 Å². The van der Waals surface area contributed by atoms with Crippen LogP contribution in [0.15, 0.2) is 35.2 Å². The number of aryl methyl sites for hydroxylation is 2. The first-order chi connectivity index (χ1) is 7.38. The van der Waals surface area contributed by atoms with E-state index in [9.17, 15) is 13.0 Å². The van der Waals surface area contributed by atoms with Crippen LogP contribution in [0, 0.1) is 13.8 Å². The van der Waals surface area contributed by atoms with E-state index < -0.39 is 10.1 Å². The first kappa shape index (κ1) is 15.3. The van der Waals surface area contributed by atoms with Gasteiger partial charge in [-0.15, -0.1) is 0 Å². The Kier molecular flexibility index (Phi) is 4.94. The van der Waals surface area contributed by atoms with Crippen LogP contribution >= 0.6 is 0 Å². The monoisotopic (exact) mass is 274 g/mol. The van der Waals surface area contributed by atoms with Crippen LogP contribution in [0.2, 0.25) is 0 Å². The second kappa shape index (κ2) is 5.48. The molecule has 0 bridgehead atoms. The van der Waals surface area contributed by atoms with Crippen molar-refractivity contribution < 1.29 is 64.4 Å². The molecule has 0 unspecified atom stereocenters. The molecule has 0 aliphatic rings. The Morgan fingerprint density at radius 3 is 2.24 bits per heavy atom. The molecule has 3 nitrogen and oxygen atoms in total. The number of benzene rings is 2. The number of rotatable bonds is 1. The smallest absolute Gasteiger partial charge is 0.744 e. The molecule has 0 aliphatic carbocycles. The third kappa shape index (κ3) is 3.38. The molecule has 0 atom stereocenters. The minimum absolute atomic E-state index is 0. The van der Waals surface area contributed by atoms with Crippen molar-refractivity contribution in [1.82, 2.24) is 0 Å². The second-order valence-electron chi connectivity index (χ2n) is 3.92. The third-order valence-corrected chi connectivity index (χ3v) is 3.54. The van der Waals surface area contributed by atoms with Gasteiger partial charge in [-0.1, -0.05) is 29.8 Å². The van der Waals surface area contributed by atoms with Crippen LogP contribution in [0.4, 0.5) is 0 Å². The predicted octanol–water partition coefficient (Wildman–Crippen LogP) is -0.635. The molecule has 0 fully saturated rings. The molecule has 2 rings (SSSR count). The Morgan fingerprint density at radius 2 is 1.65 bits per heavy atom. The van der Waals surface area contributed by atoms with Crippen LogP contribution in [0.25, 0.3) is 10.8 Å². The molecule has 84 valence electrons.